The molecular weight excluding hydrogens is 168 g/mol. The predicted octanol–water partition coefficient (Wildman–Crippen LogP) is 1.23. The standard InChI is InChI=1S/C9H14N2O2/c1-4-11-9(12)7-5(2)6(3)13-8(7)10/h4,10H2,1-3H3,(H,11,12). The zero-order valence-corrected chi connectivity index (χ0v) is 8.10. The Balaban J connectivity index is 3.06. The molecular formula is C9H14N2O2. The molecule has 1 aromatic rings. The number of hydrogen-bond acceptors (Lipinski definition) is 3. The molecule has 1 heterocycles. The Labute approximate surface area is 77.1 Å². The van der Waals surface area contributed by atoms with Crippen LogP contribution in [0.4, 0.5) is 5.88 Å². The van der Waals surface area contributed by atoms with Gasteiger partial charge in [-0.3, -0.25) is 4.79 Å². The molecule has 72 valence electrons. The minimum absolute atomic E-state index is 0.172. The molecule has 0 unspecified atom stereocenters. The van der Waals surface area contributed by atoms with E-state index in [-0.39, 0.29) is 11.8 Å². The van der Waals surface area contributed by atoms with Gasteiger partial charge in [-0.2, -0.15) is 0 Å². The lowest BCUT2D eigenvalue weighted by Gasteiger charge is -2.00. The Morgan fingerprint density at radius 2 is 2.15 bits per heavy atom. The SMILES string of the molecule is CCNC(=O)c1c(N)oc(C)c1C. The van der Waals surface area contributed by atoms with Gasteiger partial charge in [0.1, 0.15) is 11.3 Å². The normalized spacial score (nSPS) is 10.1. The van der Waals surface area contributed by atoms with E-state index in [4.69, 9.17) is 10.2 Å². The maximum atomic E-state index is 11.4. The molecule has 0 saturated heterocycles. The van der Waals surface area contributed by atoms with Gasteiger partial charge < -0.3 is 15.5 Å². The van der Waals surface area contributed by atoms with Crippen LogP contribution in [0, 0.1) is 13.8 Å². The van der Waals surface area contributed by atoms with E-state index in [0.717, 1.165) is 5.56 Å². The third-order valence-electron chi connectivity index (χ3n) is 1.98. The Morgan fingerprint density at radius 1 is 1.54 bits per heavy atom. The largest absolute Gasteiger partial charge is 0.445 e. The molecule has 0 radical (unpaired) electrons. The summed E-state index contributed by atoms with van der Waals surface area (Å²) in [5, 5.41) is 2.68. The van der Waals surface area contributed by atoms with Gasteiger partial charge >= 0.3 is 0 Å². The molecule has 1 amide bonds. The van der Waals surface area contributed by atoms with Crippen molar-refractivity contribution in [3.05, 3.63) is 16.9 Å². The van der Waals surface area contributed by atoms with Crippen molar-refractivity contribution in [3.8, 4) is 0 Å². The van der Waals surface area contributed by atoms with Gasteiger partial charge in [0.15, 0.2) is 0 Å². The van der Waals surface area contributed by atoms with E-state index < -0.39 is 0 Å². The van der Waals surface area contributed by atoms with Crippen LogP contribution in [0.15, 0.2) is 4.42 Å². The summed E-state index contributed by atoms with van der Waals surface area (Å²) in [6, 6.07) is 0. The van der Waals surface area contributed by atoms with E-state index in [9.17, 15) is 4.79 Å². The highest BCUT2D eigenvalue weighted by molar-refractivity contribution is 5.99. The average molecular weight is 182 g/mol. The lowest BCUT2D eigenvalue weighted by atomic mass is 10.1. The number of rotatable bonds is 2. The van der Waals surface area contributed by atoms with E-state index in [1.807, 2.05) is 13.8 Å². The van der Waals surface area contributed by atoms with Gasteiger partial charge in [-0.1, -0.05) is 0 Å². The van der Waals surface area contributed by atoms with Crippen molar-refractivity contribution >= 4 is 11.8 Å². The molecule has 0 aromatic carbocycles. The molecule has 0 fully saturated rings. The number of anilines is 1. The van der Waals surface area contributed by atoms with E-state index in [0.29, 0.717) is 17.9 Å². The van der Waals surface area contributed by atoms with Crippen LogP contribution in [0.2, 0.25) is 0 Å². The topological polar surface area (TPSA) is 68.3 Å². The quantitative estimate of drug-likeness (QED) is 0.722. The van der Waals surface area contributed by atoms with Crippen LogP contribution >= 0.6 is 0 Å². The number of amides is 1. The van der Waals surface area contributed by atoms with E-state index in [1.165, 1.54) is 0 Å². The van der Waals surface area contributed by atoms with E-state index in [1.54, 1.807) is 6.92 Å². The summed E-state index contributed by atoms with van der Waals surface area (Å²) < 4.78 is 5.13. The summed E-state index contributed by atoms with van der Waals surface area (Å²) in [5.74, 6) is 0.717. The summed E-state index contributed by atoms with van der Waals surface area (Å²) in [6.07, 6.45) is 0. The molecule has 13 heavy (non-hydrogen) atoms. The average Bonchev–Trinajstić information content (AvgIpc) is 2.27. The highest BCUT2D eigenvalue weighted by Gasteiger charge is 2.18. The number of nitrogens with one attached hydrogen (secondary N) is 1. The lowest BCUT2D eigenvalue weighted by Crippen LogP contribution is -2.23. The van der Waals surface area contributed by atoms with Gasteiger partial charge in [0.05, 0.1) is 0 Å². The zero-order chi connectivity index (χ0) is 10.0. The van der Waals surface area contributed by atoms with Crippen LogP contribution in [0.5, 0.6) is 0 Å². The first-order chi connectivity index (χ1) is 6.07. The molecule has 0 saturated carbocycles. The van der Waals surface area contributed by atoms with Gasteiger partial charge in [-0.15, -0.1) is 0 Å². The molecule has 1 rings (SSSR count). The lowest BCUT2D eigenvalue weighted by molar-refractivity contribution is 0.0956. The summed E-state index contributed by atoms with van der Waals surface area (Å²) in [4.78, 5) is 11.4. The summed E-state index contributed by atoms with van der Waals surface area (Å²) >= 11 is 0. The molecule has 0 spiro atoms. The Bertz CT molecular complexity index is 329. The minimum atomic E-state index is -0.172. The van der Waals surface area contributed by atoms with Gasteiger partial charge in [-0.25, -0.2) is 0 Å². The van der Waals surface area contributed by atoms with Gasteiger partial charge in [0, 0.05) is 12.1 Å². The maximum Gasteiger partial charge on any atom is 0.257 e. The van der Waals surface area contributed by atoms with E-state index >= 15 is 0 Å². The van der Waals surface area contributed by atoms with Crippen LogP contribution in [-0.4, -0.2) is 12.5 Å². The van der Waals surface area contributed by atoms with Gasteiger partial charge in [0.25, 0.3) is 5.91 Å². The summed E-state index contributed by atoms with van der Waals surface area (Å²) in [5.41, 5.74) is 6.81. The van der Waals surface area contributed by atoms with Crippen molar-refractivity contribution in [2.24, 2.45) is 0 Å². The van der Waals surface area contributed by atoms with Crippen LogP contribution in [0.3, 0.4) is 0 Å². The molecule has 0 atom stereocenters. The number of furan rings is 1. The predicted molar refractivity (Wildman–Crippen MR) is 50.6 cm³/mol. The van der Waals surface area contributed by atoms with Gasteiger partial charge in [-0.05, 0) is 20.8 Å². The molecule has 1 aromatic heterocycles. The van der Waals surface area contributed by atoms with Crippen LogP contribution in [0.1, 0.15) is 28.6 Å². The Kier molecular flexibility index (Phi) is 2.60. The number of aryl methyl sites for hydroxylation is 1. The highest BCUT2D eigenvalue weighted by Crippen LogP contribution is 2.22. The van der Waals surface area contributed by atoms with Crippen LogP contribution in [0.25, 0.3) is 0 Å². The smallest absolute Gasteiger partial charge is 0.257 e. The molecule has 0 aliphatic carbocycles. The van der Waals surface area contributed by atoms with Crippen molar-refractivity contribution in [2.45, 2.75) is 20.8 Å². The minimum Gasteiger partial charge on any atom is -0.445 e. The number of nitrogens with two attached hydrogens (primary N) is 1. The second kappa shape index (κ2) is 3.51. The summed E-state index contributed by atoms with van der Waals surface area (Å²) in [7, 11) is 0. The fraction of sp³-hybridized carbons (Fsp3) is 0.444. The third kappa shape index (κ3) is 1.66. The van der Waals surface area contributed by atoms with Crippen molar-refractivity contribution in [1.29, 1.82) is 0 Å². The molecule has 0 aliphatic rings. The third-order valence-corrected chi connectivity index (χ3v) is 1.98. The van der Waals surface area contributed by atoms with Crippen molar-refractivity contribution in [1.82, 2.24) is 5.32 Å². The van der Waals surface area contributed by atoms with Crippen molar-refractivity contribution < 1.29 is 9.21 Å². The highest BCUT2D eigenvalue weighted by atomic mass is 16.4. The van der Waals surface area contributed by atoms with E-state index in [2.05, 4.69) is 5.32 Å². The van der Waals surface area contributed by atoms with Gasteiger partial charge in [0.2, 0.25) is 5.88 Å². The fourth-order valence-corrected chi connectivity index (χ4v) is 1.18. The molecule has 4 heteroatoms. The number of carbonyl (C=O) groups is 1. The first-order valence-corrected chi connectivity index (χ1v) is 4.21. The molecule has 4 nitrogen and oxygen atoms in total. The fourth-order valence-electron chi connectivity index (χ4n) is 1.18. The first kappa shape index (κ1) is 9.64. The number of nitrogen functional groups attached to an aromatic ring is 1. The van der Waals surface area contributed by atoms with Crippen LogP contribution in [-0.2, 0) is 0 Å². The van der Waals surface area contributed by atoms with Crippen molar-refractivity contribution in [3.63, 3.8) is 0 Å². The second-order valence-electron chi connectivity index (χ2n) is 2.88. The monoisotopic (exact) mass is 182 g/mol. The Hall–Kier alpha value is -1.45. The summed E-state index contributed by atoms with van der Waals surface area (Å²) in [6.45, 7) is 6.05. The van der Waals surface area contributed by atoms with Crippen molar-refractivity contribution in [2.75, 3.05) is 12.3 Å². The second-order valence-corrected chi connectivity index (χ2v) is 2.88. The number of carbonyl (C=O) groups excluding carboxylic acids is 1. The van der Waals surface area contributed by atoms with Crippen LogP contribution < -0.4 is 11.1 Å². The first-order valence-electron chi connectivity index (χ1n) is 4.21. The number of hydrogen-bond donors (Lipinski definition) is 2. The molecule has 0 bridgehead atoms. The molecule has 0 aliphatic heterocycles. The zero-order valence-electron chi connectivity index (χ0n) is 8.10. The Morgan fingerprint density at radius 3 is 2.54 bits per heavy atom. The maximum absolute atomic E-state index is 11.4. The molecule has 3 N–H and O–H groups in total.